The van der Waals surface area contributed by atoms with Crippen molar-refractivity contribution in [3.63, 3.8) is 0 Å². The Balaban J connectivity index is 1.36. The maximum absolute atomic E-state index is 13.6. The summed E-state index contributed by atoms with van der Waals surface area (Å²) in [7, 11) is 0. The predicted octanol–water partition coefficient (Wildman–Crippen LogP) is 12.0. The minimum absolute atomic E-state index is 0.124. The number of fused-ring (bicyclic) bond motifs is 3. The highest BCUT2D eigenvalue weighted by atomic mass is 16.1. The predicted molar refractivity (Wildman–Crippen MR) is 231 cm³/mol. The Morgan fingerprint density at radius 3 is 1.34 bits per heavy atom. The third kappa shape index (κ3) is 5.60. The molecule has 0 aliphatic carbocycles. The molecular formula is C51H36N4O. The molecular weight excluding hydrogens is 685 g/mol. The number of hydrogen-bond acceptors (Lipinski definition) is 3. The molecule has 0 aliphatic heterocycles. The Morgan fingerprint density at radius 2 is 0.821 bits per heavy atom. The largest absolute Gasteiger partial charge is 0.328 e. The molecule has 0 unspecified atom stereocenters. The van der Waals surface area contributed by atoms with E-state index < -0.39 is 301 Å². The van der Waals surface area contributed by atoms with Gasteiger partial charge >= 0.3 is 5.69 Å². The summed E-state index contributed by atoms with van der Waals surface area (Å²) < 4.78 is 319. The van der Waals surface area contributed by atoms with Gasteiger partial charge in [-0.2, -0.15) is 0 Å². The Kier molecular flexibility index (Phi) is 3.03. The molecule has 0 amide bonds. The minimum atomic E-state index is -3.59. The van der Waals surface area contributed by atoms with Crippen molar-refractivity contribution in [3.8, 4) is 67.3 Å². The summed E-state index contributed by atoms with van der Waals surface area (Å²) in [5.41, 5.74) is -14.8. The van der Waals surface area contributed by atoms with Gasteiger partial charge in [0.1, 0.15) is 0 Å². The normalized spacial score (nSPS) is 21.0. The van der Waals surface area contributed by atoms with E-state index in [1.807, 2.05) is 0 Å². The summed E-state index contributed by atoms with van der Waals surface area (Å²) in [5, 5.41) is -3.26. The van der Waals surface area contributed by atoms with E-state index in [0.717, 1.165) is 0 Å². The fourth-order valence-electron chi connectivity index (χ4n) is 5.86. The summed E-state index contributed by atoms with van der Waals surface area (Å²) >= 11 is 0. The first-order chi connectivity index (χ1) is 42.4. The first kappa shape index (κ1) is 12.6. The topological polar surface area (TPSA) is 52.7 Å². The Morgan fingerprint density at radius 1 is 0.411 bits per heavy atom. The van der Waals surface area contributed by atoms with E-state index in [1.165, 1.54) is 0 Å². The number of imidazole rings is 1. The van der Waals surface area contributed by atoms with E-state index in [4.69, 9.17) is 31.5 Å². The molecule has 0 N–H and O–H groups in total. The van der Waals surface area contributed by atoms with Crippen LogP contribution in [0.3, 0.4) is 0 Å². The molecule has 2 heterocycles. The highest BCUT2D eigenvalue weighted by Crippen LogP contribution is 2.44. The fourth-order valence-corrected chi connectivity index (χ4v) is 5.86. The van der Waals surface area contributed by atoms with Crippen molar-refractivity contribution in [2.75, 3.05) is 0 Å². The standard InChI is InChI=1S/C51H36N4O/c1-54-46-30-29-39(31-47(46)55(2)51(54)56)33-21-23-34(24-22-33)44-32-45(53-50(52-44)38-15-7-4-8-16-38)35-25-27-37(28-26-35)49-42-19-11-9-17-40(42)48(36-13-5-3-6-14-36)41-18-10-12-20-43(41)49/h3-32H,1-2H3/i1D3,2D3,3D,4D,5D,6D,7D,8D,9D,10D,11D,12D,13D,14D,15D,16D,17D,18D,19D,20D,21D,22D,23D,24D,25D,26D,27D,28D,29D,30D,31D,32D. The molecule has 8 aromatic carbocycles. The number of aryl methyl sites for hydroxylation is 2. The number of benzene rings is 8. The molecule has 56 heavy (non-hydrogen) atoms. The molecule has 0 saturated carbocycles. The second-order valence-corrected chi connectivity index (χ2v) is 11.5. The van der Waals surface area contributed by atoms with Crippen LogP contribution in [0.4, 0.5) is 0 Å². The van der Waals surface area contributed by atoms with Crippen molar-refractivity contribution in [1.29, 1.82) is 0 Å². The van der Waals surface area contributed by atoms with Crippen LogP contribution in [0.5, 0.6) is 0 Å². The van der Waals surface area contributed by atoms with E-state index in [2.05, 4.69) is 9.97 Å². The van der Waals surface area contributed by atoms with Gasteiger partial charge in [0, 0.05) is 38.9 Å². The van der Waals surface area contributed by atoms with Crippen LogP contribution in [0.25, 0.3) is 99.9 Å². The summed E-state index contributed by atoms with van der Waals surface area (Å²) in [6.07, 6.45) is 0. The quantitative estimate of drug-likeness (QED) is 0.159. The van der Waals surface area contributed by atoms with Crippen LogP contribution in [0.1, 0.15) is 49.3 Å². The lowest BCUT2D eigenvalue weighted by atomic mass is 9.86. The van der Waals surface area contributed by atoms with Gasteiger partial charge in [-0.05, 0) is 73.1 Å². The van der Waals surface area contributed by atoms with Crippen LogP contribution in [0.2, 0.25) is 0 Å². The van der Waals surface area contributed by atoms with Crippen LogP contribution < -0.4 is 5.69 Å². The van der Waals surface area contributed by atoms with E-state index in [1.54, 1.807) is 0 Å². The van der Waals surface area contributed by atoms with Crippen molar-refractivity contribution < 1.29 is 49.3 Å². The Hall–Kier alpha value is -7.37. The van der Waals surface area contributed by atoms with Crippen molar-refractivity contribution >= 4 is 32.6 Å². The molecule has 0 radical (unpaired) electrons. The Labute approximate surface area is 375 Å². The minimum Gasteiger partial charge on any atom is -0.295 e. The summed E-state index contributed by atoms with van der Waals surface area (Å²) in [4.78, 5) is 22.0. The van der Waals surface area contributed by atoms with Gasteiger partial charge < -0.3 is 0 Å². The molecule has 0 aliphatic rings. The number of hydrogen-bond donors (Lipinski definition) is 0. The first-order valence-corrected chi connectivity index (χ1v) is 15.9. The van der Waals surface area contributed by atoms with Crippen molar-refractivity contribution in [1.82, 2.24) is 19.1 Å². The lowest BCUT2D eigenvalue weighted by Gasteiger charge is -2.18. The van der Waals surface area contributed by atoms with Crippen LogP contribution >= 0.6 is 0 Å². The first-order valence-electron chi connectivity index (χ1n) is 33.9. The third-order valence-corrected chi connectivity index (χ3v) is 8.35. The van der Waals surface area contributed by atoms with Gasteiger partial charge in [0.05, 0.1) is 63.5 Å². The molecule has 2 aromatic heterocycles. The Bertz CT molecular complexity index is 4960. The molecule has 0 atom stereocenters. The van der Waals surface area contributed by atoms with E-state index in [0.29, 0.717) is 0 Å². The van der Waals surface area contributed by atoms with Crippen LogP contribution in [-0.2, 0) is 14.0 Å². The smallest absolute Gasteiger partial charge is 0.295 e. The maximum atomic E-state index is 13.6. The zero-order chi connectivity index (χ0) is 68.9. The number of nitrogens with zero attached hydrogens (tertiary/aromatic N) is 4. The molecule has 5 nitrogen and oxygen atoms in total. The lowest BCUT2D eigenvalue weighted by Crippen LogP contribution is -2.19. The summed E-state index contributed by atoms with van der Waals surface area (Å²) in [5.74, 6) is -1.05. The molecule has 10 rings (SSSR count). The molecule has 10 aromatic rings. The molecule has 266 valence electrons. The van der Waals surface area contributed by atoms with E-state index >= 15 is 0 Å². The maximum Gasteiger partial charge on any atom is 0.328 e. The summed E-state index contributed by atoms with van der Waals surface area (Å²) in [6, 6.07) is -33.7. The van der Waals surface area contributed by atoms with E-state index in [-0.39, 0.29) is 9.13 Å². The van der Waals surface area contributed by atoms with Gasteiger partial charge in [-0.1, -0.05) is 163 Å². The van der Waals surface area contributed by atoms with Crippen molar-refractivity contribution in [3.05, 3.63) is 192 Å². The number of rotatable bonds is 6. The molecule has 0 bridgehead atoms. The average Bonchev–Trinajstić information content (AvgIpc) is 0.773. The SMILES string of the molecule is [2H]c1c(-c2c([2H])c([2H])c(-c3c([2H])c([2H])c4c(c3[2H])n(C([2H])([2H])[2H])c(=O)n4C([2H])([2H])[2H])c([2H])c2[2H])nc(-c2c([2H])c([2H])c([2H])c([2H])c2[2H])nc1-c1c([2H])c([2H])c(-c2c3c([2H])c([2H])c([2H])c([2H])c3c(-c3c([2H])c([2H])c([2H])c([2H])c3[2H])c3c([2H])c([2H])c([2H])c([2H])c23)c([2H])c1[2H]. The van der Waals surface area contributed by atoms with Gasteiger partial charge in [-0.25, -0.2) is 14.8 Å². The zero-order valence-corrected chi connectivity index (χ0v) is 27.7. The van der Waals surface area contributed by atoms with Crippen LogP contribution in [0, 0.1) is 0 Å². The van der Waals surface area contributed by atoms with Crippen molar-refractivity contribution in [2.45, 2.75) is 0 Å². The summed E-state index contributed by atoms with van der Waals surface area (Å²) in [6.45, 7) is -7.12. The third-order valence-electron chi connectivity index (χ3n) is 8.35. The van der Waals surface area contributed by atoms with Gasteiger partial charge in [0.15, 0.2) is 5.82 Å². The second-order valence-electron chi connectivity index (χ2n) is 11.5. The van der Waals surface area contributed by atoms with Crippen LogP contribution in [-0.4, -0.2) is 19.1 Å². The lowest BCUT2D eigenvalue weighted by molar-refractivity contribution is 0.795. The number of aromatic nitrogens is 4. The highest BCUT2D eigenvalue weighted by Gasteiger charge is 2.17. The fraction of sp³-hybridized carbons (Fsp3) is 0.0392. The molecule has 0 fully saturated rings. The molecule has 0 saturated heterocycles. The highest BCUT2D eigenvalue weighted by molar-refractivity contribution is 6.21. The average molecular weight is 757 g/mol. The van der Waals surface area contributed by atoms with E-state index in [9.17, 15) is 22.6 Å². The van der Waals surface area contributed by atoms with Gasteiger partial charge in [0.2, 0.25) is 0 Å². The van der Waals surface area contributed by atoms with Gasteiger partial charge in [-0.3, -0.25) is 9.13 Å². The van der Waals surface area contributed by atoms with Crippen molar-refractivity contribution in [2.24, 2.45) is 14.0 Å². The van der Waals surface area contributed by atoms with Gasteiger partial charge in [-0.15, -0.1) is 0 Å². The molecule has 0 spiro atoms. The van der Waals surface area contributed by atoms with Crippen LogP contribution in [0.15, 0.2) is 186 Å². The molecule has 5 heteroatoms. The van der Waals surface area contributed by atoms with Gasteiger partial charge in [0.25, 0.3) is 0 Å². The second kappa shape index (κ2) is 13.5. The zero-order valence-electron chi connectivity index (χ0n) is 63.7. The monoisotopic (exact) mass is 757 g/mol.